The van der Waals surface area contributed by atoms with Gasteiger partial charge in [0.2, 0.25) is 0 Å². The zero-order valence-electron chi connectivity index (χ0n) is 10.3. The van der Waals surface area contributed by atoms with E-state index in [0.717, 1.165) is 5.52 Å². The molecule has 0 unspecified atom stereocenters. The molecule has 2 aromatic carbocycles. The maximum Gasteiger partial charge on any atom is 0.0711 e. The first-order valence-corrected chi connectivity index (χ1v) is 6.72. The molecule has 1 nitrogen and oxygen atoms in total. The lowest BCUT2D eigenvalue weighted by molar-refractivity contribution is 0.688. The van der Waals surface area contributed by atoms with Crippen LogP contribution in [0.2, 0.25) is 0 Å². The molecule has 0 atom stereocenters. The largest absolute Gasteiger partial charge is 0.256 e. The van der Waals surface area contributed by atoms with E-state index in [1.807, 2.05) is 0 Å². The summed E-state index contributed by atoms with van der Waals surface area (Å²) in [6.45, 7) is 0. The first-order chi connectivity index (χ1) is 8.93. The van der Waals surface area contributed by atoms with Crippen LogP contribution < -0.4 is 0 Å². The van der Waals surface area contributed by atoms with Crippen molar-refractivity contribution in [2.24, 2.45) is 0 Å². The maximum absolute atomic E-state index is 4.64. The molecule has 0 saturated carbocycles. The lowest BCUT2D eigenvalue weighted by atomic mass is 9.88. The molecule has 0 N–H and O–H groups in total. The molecule has 1 heterocycles. The van der Waals surface area contributed by atoms with Crippen LogP contribution in [0.4, 0.5) is 0 Å². The molecular formula is C17H15N. The molecule has 1 heteroatoms. The number of aryl methyl sites for hydroxylation is 2. The minimum Gasteiger partial charge on any atom is -0.256 e. The van der Waals surface area contributed by atoms with E-state index < -0.39 is 0 Å². The number of rotatable bonds is 0. The van der Waals surface area contributed by atoms with Gasteiger partial charge in [0.05, 0.1) is 5.52 Å². The molecule has 0 spiro atoms. The van der Waals surface area contributed by atoms with Crippen molar-refractivity contribution in [3.05, 3.63) is 53.7 Å². The number of nitrogens with zero attached hydrogens (tertiary/aromatic N) is 1. The third-order valence-electron chi connectivity index (χ3n) is 4.08. The standard InChI is InChI=1S/C17H15N/c1-3-7-14-12(5-1)9-10-16-17(14)15-8-4-2-6-13(15)11-18-16/h1,3,5,7,9-11H,2,4,6,8H2. The molecule has 0 radical (unpaired) electrons. The van der Waals surface area contributed by atoms with Gasteiger partial charge in [-0.25, -0.2) is 0 Å². The highest BCUT2D eigenvalue weighted by Gasteiger charge is 2.14. The first kappa shape index (κ1) is 10.1. The Hall–Kier alpha value is -1.89. The van der Waals surface area contributed by atoms with Gasteiger partial charge < -0.3 is 0 Å². The van der Waals surface area contributed by atoms with Crippen LogP contribution in [0.5, 0.6) is 0 Å². The van der Waals surface area contributed by atoms with Crippen molar-refractivity contribution >= 4 is 21.7 Å². The fourth-order valence-corrected chi connectivity index (χ4v) is 3.19. The van der Waals surface area contributed by atoms with Gasteiger partial charge in [0.1, 0.15) is 0 Å². The summed E-state index contributed by atoms with van der Waals surface area (Å²) in [5.41, 5.74) is 4.16. The van der Waals surface area contributed by atoms with Gasteiger partial charge in [-0.05, 0) is 53.6 Å². The van der Waals surface area contributed by atoms with Gasteiger partial charge in [-0.2, -0.15) is 0 Å². The van der Waals surface area contributed by atoms with E-state index in [9.17, 15) is 0 Å². The molecule has 0 aliphatic heterocycles. The lowest BCUT2D eigenvalue weighted by Gasteiger charge is -2.18. The van der Waals surface area contributed by atoms with E-state index in [-0.39, 0.29) is 0 Å². The van der Waals surface area contributed by atoms with Gasteiger partial charge in [-0.15, -0.1) is 0 Å². The Labute approximate surface area is 106 Å². The minimum absolute atomic E-state index is 1.15. The van der Waals surface area contributed by atoms with Crippen LogP contribution in [0.15, 0.2) is 42.6 Å². The van der Waals surface area contributed by atoms with E-state index >= 15 is 0 Å². The summed E-state index contributed by atoms with van der Waals surface area (Å²) in [6, 6.07) is 13.0. The van der Waals surface area contributed by atoms with E-state index in [1.54, 1.807) is 5.56 Å². The predicted octanol–water partition coefficient (Wildman–Crippen LogP) is 4.27. The first-order valence-electron chi connectivity index (χ1n) is 6.72. The predicted molar refractivity (Wildman–Crippen MR) is 75.9 cm³/mol. The molecular weight excluding hydrogens is 218 g/mol. The van der Waals surface area contributed by atoms with E-state index in [0.29, 0.717) is 0 Å². The second kappa shape index (κ2) is 3.81. The second-order valence-electron chi connectivity index (χ2n) is 5.15. The van der Waals surface area contributed by atoms with Gasteiger partial charge in [0.25, 0.3) is 0 Å². The Morgan fingerprint density at radius 1 is 0.889 bits per heavy atom. The molecule has 4 rings (SSSR count). The smallest absolute Gasteiger partial charge is 0.0711 e. The molecule has 18 heavy (non-hydrogen) atoms. The van der Waals surface area contributed by atoms with Gasteiger partial charge in [0.15, 0.2) is 0 Å². The second-order valence-corrected chi connectivity index (χ2v) is 5.15. The third kappa shape index (κ3) is 1.37. The number of hydrogen-bond donors (Lipinski definition) is 0. The van der Waals surface area contributed by atoms with Crippen LogP contribution in [-0.2, 0) is 12.8 Å². The van der Waals surface area contributed by atoms with Gasteiger partial charge in [0, 0.05) is 11.6 Å². The quantitative estimate of drug-likeness (QED) is 0.528. The lowest BCUT2D eigenvalue weighted by Crippen LogP contribution is -2.04. The Bertz CT molecular complexity index is 743. The highest BCUT2D eigenvalue weighted by Crippen LogP contribution is 2.32. The normalized spacial score (nSPS) is 14.9. The number of aromatic nitrogens is 1. The third-order valence-corrected chi connectivity index (χ3v) is 4.08. The molecule has 1 aromatic heterocycles. The maximum atomic E-state index is 4.64. The number of hydrogen-bond acceptors (Lipinski definition) is 1. The SMILES string of the molecule is c1ccc2c(c1)ccc1ncc3c(c12)CCCC3. The Morgan fingerprint density at radius 3 is 2.78 bits per heavy atom. The van der Waals surface area contributed by atoms with Crippen molar-refractivity contribution in [3.63, 3.8) is 0 Å². The van der Waals surface area contributed by atoms with Gasteiger partial charge in [-0.1, -0.05) is 30.3 Å². The summed E-state index contributed by atoms with van der Waals surface area (Å²) in [6.07, 6.45) is 7.12. The highest BCUT2D eigenvalue weighted by atomic mass is 14.7. The van der Waals surface area contributed by atoms with Crippen LogP contribution in [0.1, 0.15) is 24.0 Å². The Kier molecular flexibility index (Phi) is 2.13. The van der Waals surface area contributed by atoms with Crippen LogP contribution in [0.3, 0.4) is 0 Å². The molecule has 0 saturated heterocycles. The average molecular weight is 233 g/mol. The monoisotopic (exact) mass is 233 g/mol. The molecule has 0 bridgehead atoms. The van der Waals surface area contributed by atoms with Crippen LogP contribution in [0, 0.1) is 0 Å². The number of pyridine rings is 1. The molecule has 0 amide bonds. The van der Waals surface area contributed by atoms with Crippen LogP contribution in [0.25, 0.3) is 21.7 Å². The summed E-state index contributed by atoms with van der Waals surface area (Å²) >= 11 is 0. The van der Waals surface area contributed by atoms with Crippen molar-refractivity contribution in [2.75, 3.05) is 0 Å². The summed E-state index contributed by atoms with van der Waals surface area (Å²) in [5.74, 6) is 0. The van der Waals surface area contributed by atoms with Crippen molar-refractivity contribution in [1.82, 2.24) is 4.98 Å². The average Bonchev–Trinajstić information content (AvgIpc) is 2.46. The molecule has 1 aliphatic carbocycles. The van der Waals surface area contributed by atoms with E-state index in [4.69, 9.17) is 0 Å². The van der Waals surface area contributed by atoms with E-state index in [2.05, 4.69) is 47.6 Å². The van der Waals surface area contributed by atoms with Crippen molar-refractivity contribution in [3.8, 4) is 0 Å². The number of benzene rings is 2. The van der Waals surface area contributed by atoms with Crippen molar-refractivity contribution < 1.29 is 0 Å². The fraction of sp³-hybridized carbons (Fsp3) is 0.235. The summed E-state index contributed by atoms with van der Waals surface area (Å²) in [5, 5.41) is 4.08. The van der Waals surface area contributed by atoms with Gasteiger partial charge >= 0.3 is 0 Å². The van der Waals surface area contributed by atoms with Crippen LogP contribution in [-0.4, -0.2) is 4.98 Å². The molecule has 88 valence electrons. The summed E-state index contributed by atoms with van der Waals surface area (Å²) in [7, 11) is 0. The van der Waals surface area contributed by atoms with Crippen LogP contribution >= 0.6 is 0 Å². The van der Waals surface area contributed by atoms with Crippen molar-refractivity contribution in [1.29, 1.82) is 0 Å². The van der Waals surface area contributed by atoms with E-state index in [1.165, 1.54) is 47.4 Å². The fourth-order valence-electron chi connectivity index (χ4n) is 3.19. The molecule has 1 aliphatic rings. The minimum atomic E-state index is 1.15. The number of fused-ring (bicyclic) bond motifs is 5. The Morgan fingerprint density at radius 2 is 1.78 bits per heavy atom. The highest BCUT2D eigenvalue weighted by molar-refractivity contribution is 6.08. The zero-order chi connectivity index (χ0) is 11.9. The van der Waals surface area contributed by atoms with Crippen molar-refractivity contribution in [2.45, 2.75) is 25.7 Å². The Balaban J connectivity index is 2.21. The topological polar surface area (TPSA) is 12.9 Å². The summed E-state index contributed by atoms with van der Waals surface area (Å²) < 4.78 is 0. The van der Waals surface area contributed by atoms with Gasteiger partial charge in [-0.3, -0.25) is 4.98 Å². The zero-order valence-corrected chi connectivity index (χ0v) is 10.3. The molecule has 0 fully saturated rings. The molecule has 3 aromatic rings. The summed E-state index contributed by atoms with van der Waals surface area (Å²) in [4.78, 5) is 4.64.